The molecule has 0 aromatic heterocycles. The molecule has 3 unspecified atom stereocenters. The summed E-state index contributed by atoms with van der Waals surface area (Å²) in [6, 6.07) is 27.9. The third-order valence-electron chi connectivity index (χ3n) is 6.20. The smallest absolute Gasteiger partial charge is 0.246 e. The largest absolute Gasteiger partial charge is 0.325 e. The Hall–Kier alpha value is -3.71. The molecule has 0 heterocycles. The van der Waals surface area contributed by atoms with Crippen molar-refractivity contribution in [1.29, 1.82) is 5.26 Å². The highest BCUT2D eigenvalue weighted by Gasteiger charge is 2.82. The maximum atomic E-state index is 13.6. The van der Waals surface area contributed by atoms with E-state index in [0.29, 0.717) is 11.3 Å². The molecule has 3 aromatic rings. The van der Waals surface area contributed by atoms with Gasteiger partial charge in [0.05, 0.1) is 11.5 Å². The lowest BCUT2D eigenvalue weighted by Crippen LogP contribution is -2.31. The van der Waals surface area contributed by atoms with Crippen LogP contribution in [0.5, 0.6) is 0 Å². The molecule has 0 bridgehead atoms. The van der Waals surface area contributed by atoms with Crippen LogP contribution < -0.4 is 5.32 Å². The van der Waals surface area contributed by atoms with Gasteiger partial charge >= 0.3 is 0 Å². The Balaban J connectivity index is 1.79. The normalized spacial score (nSPS) is 24.5. The molecule has 1 fully saturated rings. The average Bonchev–Trinajstić information content (AvgIpc) is 3.35. The number of nitriles is 1. The zero-order chi connectivity index (χ0) is 21.4. The Kier molecular flexibility index (Phi) is 4.75. The van der Waals surface area contributed by atoms with Crippen LogP contribution in [0.25, 0.3) is 0 Å². The molecule has 1 N–H and O–H groups in total. The standard InChI is InChI=1S/C26H22N2O2/c1-18-10-9-15-21(16-18)28-24(30)26(17-27)22(19-11-5-3-6-12-19)25(26,2)23(29)20-13-7-4-8-14-20/h3-16,22H,1-2H3,(H,28,30). The van der Waals surface area contributed by atoms with Crippen molar-refractivity contribution in [3.63, 3.8) is 0 Å². The van der Waals surface area contributed by atoms with E-state index in [1.807, 2.05) is 61.5 Å². The summed E-state index contributed by atoms with van der Waals surface area (Å²) in [5.74, 6) is -1.18. The van der Waals surface area contributed by atoms with E-state index in [9.17, 15) is 14.9 Å². The van der Waals surface area contributed by atoms with E-state index in [2.05, 4.69) is 11.4 Å². The van der Waals surface area contributed by atoms with Crippen LogP contribution in [0.15, 0.2) is 84.9 Å². The quantitative estimate of drug-likeness (QED) is 0.610. The molecule has 1 aliphatic carbocycles. The zero-order valence-electron chi connectivity index (χ0n) is 16.9. The van der Waals surface area contributed by atoms with Crippen molar-refractivity contribution in [1.82, 2.24) is 0 Å². The monoisotopic (exact) mass is 394 g/mol. The zero-order valence-corrected chi connectivity index (χ0v) is 16.9. The highest BCUT2D eigenvalue weighted by Crippen LogP contribution is 2.75. The van der Waals surface area contributed by atoms with Crippen molar-refractivity contribution >= 4 is 17.4 Å². The summed E-state index contributed by atoms with van der Waals surface area (Å²) in [5, 5.41) is 13.1. The van der Waals surface area contributed by atoms with Gasteiger partial charge in [-0.05, 0) is 37.1 Å². The van der Waals surface area contributed by atoms with Crippen molar-refractivity contribution in [2.45, 2.75) is 19.8 Å². The first-order valence-electron chi connectivity index (χ1n) is 9.89. The van der Waals surface area contributed by atoms with E-state index in [-0.39, 0.29) is 5.78 Å². The van der Waals surface area contributed by atoms with Crippen LogP contribution in [0.2, 0.25) is 0 Å². The number of benzene rings is 3. The number of hydrogen-bond donors (Lipinski definition) is 1. The number of nitrogens with one attached hydrogen (secondary N) is 1. The van der Waals surface area contributed by atoms with Gasteiger partial charge in [0.15, 0.2) is 11.2 Å². The van der Waals surface area contributed by atoms with Gasteiger partial charge < -0.3 is 5.32 Å². The molecule has 0 saturated heterocycles. The first-order chi connectivity index (χ1) is 14.4. The van der Waals surface area contributed by atoms with Crippen LogP contribution >= 0.6 is 0 Å². The number of aryl methyl sites for hydroxylation is 1. The third-order valence-corrected chi connectivity index (χ3v) is 6.20. The molecule has 4 rings (SSSR count). The van der Waals surface area contributed by atoms with Gasteiger partial charge in [-0.25, -0.2) is 0 Å². The Morgan fingerprint density at radius 2 is 1.57 bits per heavy atom. The minimum atomic E-state index is -1.50. The van der Waals surface area contributed by atoms with E-state index in [1.54, 1.807) is 37.3 Å². The van der Waals surface area contributed by atoms with Crippen LogP contribution in [0.3, 0.4) is 0 Å². The Labute approximate surface area is 176 Å². The van der Waals surface area contributed by atoms with Crippen molar-refractivity contribution in [2.75, 3.05) is 5.32 Å². The van der Waals surface area contributed by atoms with E-state index >= 15 is 0 Å². The average molecular weight is 394 g/mol. The predicted octanol–water partition coefficient (Wildman–Crippen LogP) is 5.13. The first kappa shape index (κ1) is 19.6. The Morgan fingerprint density at radius 3 is 2.17 bits per heavy atom. The van der Waals surface area contributed by atoms with Gasteiger partial charge in [-0.1, -0.05) is 72.8 Å². The molecule has 30 heavy (non-hydrogen) atoms. The van der Waals surface area contributed by atoms with Crippen LogP contribution in [0.1, 0.15) is 34.3 Å². The van der Waals surface area contributed by atoms with Crippen molar-refractivity contribution in [2.24, 2.45) is 10.8 Å². The van der Waals surface area contributed by atoms with Crippen molar-refractivity contribution in [3.8, 4) is 6.07 Å². The first-order valence-corrected chi connectivity index (χ1v) is 9.89. The number of amides is 1. The van der Waals surface area contributed by atoms with E-state index in [0.717, 1.165) is 11.1 Å². The summed E-state index contributed by atoms with van der Waals surface area (Å²) in [5.41, 5.74) is 0.260. The van der Waals surface area contributed by atoms with Crippen LogP contribution in [-0.4, -0.2) is 11.7 Å². The predicted molar refractivity (Wildman–Crippen MR) is 116 cm³/mol. The van der Waals surface area contributed by atoms with E-state index in [1.165, 1.54) is 0 Å². The van der Waals surface area contributed by atoms with Gasteiger partial charge in [0.1, 0.15) is 0 Å². The summed E-state index contributed by atoms with van der Waals surface area (Å²) >= 11 is 0. The molecule has 3 aromatic carbocycles. The Morgan fingerprint density at radius 1 is 0.933 bits per heavy atom. The fraction of sp³-hybridized carbons (Fsp3) is 0.192. The molecular formula is C26H22N2O2. The van der Waals surface area contributed by atoms with Gasteiger partial charge in [0.25, 0.3) is 0 Å². The fourth-order valence-electron chi connectivity index (χ4n) is 4.60. The lowest BCUT2D eigenvalue weighted by Gasteiger charge is -2.15. The lowest BCUT2D eigenvalue weighted by molar-refractivity contribution is -0.120. The van der Waals surface area contributed by atoms with Gasteiger partial charge in [0, 0.05) is 17.2 Å². The Bertz CT molecular complexity index is 1150. The number of Topliss-reactive ketones (excluding diaryl/α,β-unsaturated/α-hetero) is 1. The summed E-state index contributed by atoms with van der Waals surface area (Å²) in [7, 11) is 0. The van der Waals surface area contributed by atoms with Gasteiger partial charge in [-0.2, -0.15) is 5.26 Å². The number of carbonyl (C=O) groups is 2. The van der Waals surface area contributed by atoms with Gasteiger partial charge in [-0.3, -0.25) is 9.59 Å². The summed E-state index contributed by atoms with van der Waals surface area (Å²) in [6.45, 7) is 3.67. The number of anilines is 1. The number of rotatable bonds is 5. The topological polar surface area (TPSA) is 70.0 Å². The highest BCUT2D eigenvalue weighted by atomic mass is 16.2. The molecule has 0 radical (unpaired) electrons. The van der Waals surface area contributed by atoms with Crippen LogP contribution in [0.4, 0.5) is 5.69 Å². The molecule has 3 atom stereocenters. The van der Waals surface area contributed by atoms with Crippen molar-refractivity contribution < 1.29 is 9.59 Å². The van der Waals surface area contributed by atoms with Crippen LogP contribution in [0, 0.1) is 29.1 Å². The highest BCUT2D eigenvalue weighted by molar-refractivity contribution is 6.14. The second kappa shape index (κ2) is 7.27. The van der Waals surface area contributed by atoms with Crippen LogP contribution in [-0.2, 0) is 4.79 Å². The lowest BCUT2D eigenvalue weighted by atomic mass is 9.87. The maximum absolute atomic E-state index is 13.6. The molecule has 1 amide bonds. The summed E-state index contributed by atoms with van der Waals surface area (Å²) in [4.78, 5) is 27.1. The number of nitrogens with zero attached hydrogens (tertiary/aromatic N) is 1. The summed E-state index contributed by atoms with van der Waals surface area (Å²) < 4.78 is 0. The molecule has 4 nitrogen and oxygen atoms in total. The fourth-order valence-corrected chi connectivity index (χ4v) is 4.60. The van der Waals surface area contributed by atoms with E-state index in [4.69, 9.17) is 0 Å². The number of carbonyl (C=O) groups excluding carboxylic acids is 2. The number of ketones is 1. The molecule has 0 spiro atoms. The third kappa shape index (κ3) is 2.83. The number of hydrogen-bond acceptors (Lipinski definition) is 3. The second-order valence-electron chi connectivity index (χ2n) is 7.98. The van der Waals surface area contributed by atoms with Gasteiger partial charge in [-0.15, -0.1) is 0 Å². The van der Waals surface area contributed by atoms with Crippen molar-refractivity contribution in [3.05, 3.63) is 102 Å². The molecular weight excluding hydrogens is 372 g/mol. The summed E-state index contributed by atoms with van der Waals surface area (Å²) in [6.07, 6.45) is 0. The minimum absolute atomic E-state index is 0.196. The molecule has 0 aliphatic heterocycles. The molecule has 148 valence electrons. The molecule has 1 saturated carbocycles. The minimum Gasteiger partial charge on any atom is -0.325 e. The maximum Gasteiger partial charge on any atom is 0.246 e. The molecule has 1 aliphatic rings. The van der Waals surface area contributed by atoms with E-state index < -0.39 is 22.7 Å². The van der Waals surface area contributed by atoms with Gasteiger partial charge in [0.2, 0.25) is 5.91 Å². The molecule has 4 heteroatoms. The SMILES string of the molecule is Cc1cccc(NC(=O)C2(C#N)C(c3ccccc3)C2(C)C(=O)c2ccccc2)c1. The second-order valence-corrected chi connectivity index (χ2v) is 7.98.